The van der Waals surface area contributed by atoms with Crippen molar-refractivity contribution in [2.24, 2.45) is 0 Å². The smallest absolute Gasteiger partial charge is 0.263 e. The van der Waals surface area contributed by atoms with Gasteiger partial charge in [0.05, 0.1) is 23.1 Å². The Labute approximate surface area is 223 Å². The number of rotatable bonds is 10. The van der Waals surface area contributed by atoms with Crippen LogP contribution >= 0.6 is 15.9 Å². The maximum atomic E-state index is 12.7. The quantitative estimate of drug-likeness (QED) is 0.272. The average molecular weight is 583 g/mol. The van der Waals surface area contributed by atoms with Crippen LogP contribution in [-0.2, 0) is 16.4 Å². The maximum absolute atomic E-state index is 12.7. The van der Waals surface area contributed by atoms with Crippen LogP contribution in [0.3, 0.4) is 0 Å². The van der Waals surface area contributed by atoms with Crippen molar-refractivity contribution in [1.82, 2.24) is 9.97 Å². The minimum Gasteiger partial charge on any atom is -0.492 e. The number of carbonyl (C=O) groups excluding carboxylic acids is 1. The highest BCUT2D eigenvalue weighted by molar-refractivity contribution is 9.10. The molecular weight excluding hydrogens is 560 g/mol. The molecule has 3 aromatic carbocycles. The summed E-state index contributed by atoms with van der Waals surface area (Å²) in [6.45, 7) is 0.502. The summed E-state index contributed by atoms with van der Waals surface area (Å²) in [5.74, 6) is 0.304. The van der Waals surface area contributed by atoms with Crippen molar-refractivity contribution in [3.8, 4) is 11.6 Å². The van der Waals surface area contributed by atoms with Crippen molar-refractivity contribution < 1.29 is 22.7 Å². The van der Waals surface area contributed by atoms with Gasteiger partial charge in [-0.1, -0.05) is 30.3 Å². The predicted molar refractivity (Wildman–Crippen MR) is 144 cm³/mol. The Morgan fingerprint density at radius 1 is 0.973 bits per heavy atom. The molecule has 4 rings (SSSR count). The third-order valence-electron chi connectivity index (χ3n) is 5.20. The van der Waals surface area contributed by atoms with E-state index in [1.54, 1.807) is 18.2 Å². The molecule has 11 heteroatoms. The monoisotopic (exact) mass is 582 g/mol. The number of carbonyl (C=O) groups is 1. The summed E-state index contributed by atoms with van der Waals surface area (Å²) < 4.78 is 39.3. The van der Waals surface area contributed by atoms with Crippen LogP contribution in [0.15, 0.2) is 94.6 Å². The highest BCUT2D eigenvalue weighted by Crippen LogP contribution is 2.27. The van der Waals surface area contributed by atoms with E-state index in [1.165, 1.54) is 49.3 Å². The lowest BCUT2D eigenvalue weighted by Crippen LogP contribution is -2.15. The Morgan fingerprint density at radius 3 is 2.41 bits per heavy atom. The number of anilines is 2. The highest BCUT2D eigenvalue weighted by atomic mass is 79.9. The number of benzene rings is 3. The van der Waals surface area contributed by atoms with Crippen LogP contribution in [0.2, 0.25) is 0 Å². The number of nitrogens with zero attached hydrogens (tertiary/aromatic N) is 2. The van der Waals surface area contributed by atoms with Crippen LogP contribution in [0.25, 0.3) is 0 Å². The van der Waals surface area contributed by atoms with E-state index in [4.69, 9.17) is 9.47 Å². The molecule has 0 saturated heterocycles. The number of aromatic nitrogens is 2. The molecule has 190 valence electrons. The topological polar surface area (TPSA) is 120 Å². The van der Waals surface area contributed by atoms with Crippen LogP contribution in [0.4, 0.5) is 11.5 Å². The molecule has 0 spiro atoms. The lowest BCUT2D eigenvalue weighted by molar-refractivity contribution is 0.102. The van der Waals surface area contributed by atoms with Gasteiger partial charge in [0.1, 0.15) is 5.75 Å². The second-order valence-electron chi connectivity index (χ2n) is 7.73. The molecule has 0 aliphatic heterocycles. The number of nitrogens with one attached hydrogen (secondary N) is 2. The first kappa shape index (κ1) is 26.1. The fourth-order valence-corrected chi connectivity index (χ4v) is 4.83. The van der Waals surface area contributed by atoms with Crippen LogP contribution in [0.1, 0.15) is 15.9 Å². The summed E-state index contributed by atoms with van der Waals surface area (Å²) in [5.41, 5.74) is 2.02. The first-order valence-electron chi connectivity index (χ1n) is 11.1. The maximum Gasteiger partial charge on any atom is 0.263 e. The Balaban J connectivity index is 1.36. The molecule has 0 aliphatic rings. The van der Waals surface area contributed by atoms with Crippen molar-refractivity contribution >= 4 is 43.4 Å². The molecule has 1 aromatic heterocycles. The van der Waals surface area contributed by atoms with Gasteiger partial charge in [0.25, 0.3) is 21.8 Å². The average Bonchev–Trinajstić information content (AvgIpc) is 2.90. The standard InChI is InChI=1S/C26H23BrN4O5S/c1-35-26-24(28-14-15-29-26)31-37(33,34)21-10-8-20(9-11-21)30-25(32)19-7-12-23(22(27)17-19)36-16-13-18-5-3-2-4-6-18/h2-12,14-15,17H,13,16H2,1H3,(H,28,31)(H,30,32). The van der Waals surface area contributed by atoms with E-state index in [1.807, 2.05) is 30.3 Å². The van der Waals surface area contributed by atoms with Gasteiger partial charge in [0, 0.05) is 30.1 Å². The summed E-state index contributed by atoms with van der Waals surface area (Å²) in [4.78, 5) is 20.6. The van der Waals surface area contributed by atoms with Gasteiger partial charge in [-0.3, -0.25) is 9.52 Å². The Bertz CT molecular complexity index is 1480. The molecule has 1 amide bonds. The molecule has 0 bridgehead atoms. The number of sulfonamides is 1. The second-order valence-corrected chi connectivity index (χ2v) is 10.3. The largest absolute Gasteiger partial charge is 0.492 e. The van der Waals surface area contributed by atoms with Gasteiger partial charge < -0.3 is 14.8 Å². The number of amides is 1. The van der Waals surface area contributed by atoms with Crippen molar-refractivity contribution in [3.63, 3.8) is 0 Å². The van der Waals surface area contributed by atoms with Gasteiger partial charge in [0.2, 0.25) is 5.82 Å². The van der Waals surface area contributed by atoms with Crippen molar-refractivity contribution in [2.45, 2.75) is 11.3 Å². The number of hydrogen-bond donors (Lipinski definition) is 2. The third-order valence-corrected chi connectivity index (χ3v) is 7.17. The normalized spacial score (nSPS) is 11.0. The van der Waals surface area contributed by atoms with E-state index in [2.05, 4.69) is 35.9 Å². The molecule has 0 fully saturated rings. The Morgan fingerprint density at radius 2 is 1.70 bits per heavy atom. The third kappa shape index (κ3) is 6.83. The molecule has 0 unspecified atom stereocenters. The zero-order valence-electron chi connectivity index (χ0n) is 19.7. The van der Waals surface area contributed by atoms with Crippen LogP contribution in [-0.4, -0.2) is 38.0 Å². The lowest BCUT2D eigenvalue weighted by atomic mass is 10.1. The molecule has 9 nitrogen and oxygen atoms in total. The van der Waals surface area contributed by atoms with Crippen molar-refractivity contribution in [2.75, 3.05) is 23.8 Å². The summed E-state index contributed by atoms with van der Waals surface area (Å²) in [7, 11) is -2.58. The lowest BCUT2D eigenvalue weighted by Gasteiger charge is -2.11. The number of ether oxygens (including phenoxy) is 2. The van der Waals surface area contributed by atoms with Crippen LogP contribution < -0.4 is 19.5 Å². The van der Waals surface area contributed by atoms with Crippen LogP contribution in [0.5, 0.6) is 11.6 Å². The second kappa shape index (κ2) is 11.8. The molecule has 1 heterocycles. The van der Waals surface area contributed by atoms with Crippen molar-refractivity contribution in [1.29, 1.82) is 0 Å². The molecule has 0 saturated carbocycles. The Kier molecular flexibility index (Phi) is 8.36. The first-order chi connectivity index (χ1) is 17.9. The molecule has 0 aliphatic carbocycles. The molecule has 4 aromatic rings. The van der Waals surface area contributed by atoms with Gasteiger partial charge >= 0.3 is 0 Å². The SMILES string of the molecule is COc1nccnc1NS(=O)(=O)c1ccc(NC(=O)c2ccc(OCCc3ccccc3)c(Br)c2)cc1. The zero-order chi connectivity index (χ0) is 26.3. The van der Waals surface area contributed by atoms with E-state index >= 15 is 0 Å². The summed E-state index contributed by atoms with van der Waals surface area (Å²) in [5, 5.41) is 2.76. The Hall–Kier alpha value is -3.96. The van der Waals surface area contributed by atoms with Crippen LogP contribution in [0, 0.1) is 0 Å². The summed E-state index contributed by atoms with van der Waals surface area (Å²) in [6, 6.07) is 20.8. The zero-order valence-corrected chi connectivity index (χ0v) is 22.1. The molecule has 0 atom stereocenters. The fourth-order valence-electron chi connectivity index (χ4n) is 3.33. The predicted octanol–water partition coefficient (Wildman–Crippen LogP) is 4.92. The fraction of sp³-hybridized carbons (Fsp3) is 0.115. The van der Waals surface area contributed by atoms with Gasteiger partial charge in [-0.25, -0.2) is 18.4 Å². The summed E-state index contributed by atoms with van der Waals surface area (Å²) in [6.07, 6.45) is 3.50. The van der Waals surface area contributed by atoms with E-state index in [0.717, 1.165) is 6.42 Å². The molecule has 2 N–H and O–H groups in total. The molecule has 37 heavy (non-hydrogen) atoms. The number of methoxy groups -OCH3 is 1. The van der Waals surface area contributed by atoms with Gasteiger partial charge in [-0.15, -0.1) is 0 Å². The summed E-state index contributed by atoms with van der Waals surface area (Å²) >= 11 is 3.46. The van der Waals surface area contributed by atoms with E-state index in [-0.39, 0.29) is 22.5 Å². The molecule has 0 radical (unpaired) electrons. The molecular formula is C26H23BrN4O5S. The number of hydrogen-bond acceptors (Lipinski definition) is 7. The van der Waals surface area contributed by atoms with Gasteiger partial charge in [-0.2, -0.15) is 0 Å². The van der Waals surface area contributed by atoms with E-state index in [9.17, 15) is 13.2 Å². The van der Waals surface area contributed by atoms with Gasteiger partial charge in [-0.05, 0) is 64.0 Å². The van der Waals surface area contributed by atoms with Crippen molar-refractivity contribution in [3.05, 3.63) is 101 Å². The minimum absolute atomic E-state index is 0.0158. The van der Waals surface area contributed by atoms with Gasteiger partial charge in [0.15, 0.2) is 0 Å². The highest BCUT2D eigenvalue weighted by Gasteiger charge is 2.18. The minimum atomic E-state index is -3.94. The van der Waals surface area contributed by atoms with E-state index in [0.29, 0.717) is 28.1 Å². The van der Waals surface area contributed by atoms with E-state index < -0.39 is 10.0 Å². The number of halogens is 1. The first-order valence-corrected chi connectivity index (χ1v) is 13.4.